The van der Waals surface area contributed by atoms with Crippen molar-refractivity contribution in [2.24, 2.45) is 0 Å². The Hall–Kier alpha value is -0.890. The molecule has 30 heavy (non-hydrogen) atoms. The number of benzene rings is 1. The quantitative estimate of drug-likeness (QED) is 0.150. The van der Waals surface area contributed by atoms with Gasteiger partial charge >= 0.3 is 0 Å². The molecule has 0 aliphatic heterocycles. The molecule has 0 aliphatic carbocycles. The molecule has 0 radical (unpaired) electrons. The van der Waals surface area contributed by atoms with Crippen LogP contribution in [0.2, 0.25) is 0 Å². The molecule has 0 aliphatic rings. The van der Waals surface area contributed by atoms with Crippen LogP contribution in [0.3, 0.4) is 0 Å². The van der Waals surface area contributed by atoms with E-state index in [9.17, 15) is 0 Å². The van der Waals surface area contributed by atoms with Crippen LogP contribution in [0.15, 0.2) is 24.3 Å². The SMILES string of the molecule is CCCCCCCCCCCCCCCCCCOC(=S)CCc1ccc(C)cc1. The molecule has 0 fully saturated rings. The number of hydrogen-bond acceptors (Lipinski definition) is 2. The number of unbranched alkanes of at least 4 members (excludes halogenated alkanes) is 15. The largest absolute Gasteiger partial charge is 0.487 e. The molecule has 0 spiro atoms. The molecule has 1 aromatic rings. The average molecular weight is 433 g/mol. The first-order chi connectivity index (χ1) is 14.7. The molecule has 1 nitrogen and oxygen atoms in total. The lowest BCUT2D eigenvalue weighted by Crippen LogP contribution is -2.05. The minimum absolute atomic E-state index is 0.775. The van der Waals surface area contributed by atoms with Gasteiger partial charge in [-0.15, -0.1) is 0 Å². The molecule has 1 rings (SSSR count). The van der Waals surface area contributed by atoms with Gasteiger partial charge in [0, 0.05) is 6.42 Å². The lowest BCUT2D eigenvalue weighted by Gasteiger charge is -2.08. The van der Waals surface area contributed by atoms with Crippen LogP contribution in [-0.4, -0.2) is 11.7 Å². The van der Waals surface area contributed by atoms with Gasteiger partial charge in [0.25, 0.3) is 0 Å². The second kappa shape index (κ2) is 20.0. The lowest BCUT2D eigenvalue weighted by molar-refractivity contribution is 0.292. The third-order valence-electron chi connectivity index (χ3n) is 6.00. The van der Waals surface area contributed by atoms with Crippen LogP contribution < -0.4 is 0 Å². The van der Waals surface area contributed by atoms with E-state index in [2.05, 4.69) is 38.1 Å². The van der Waals surface area contributed by atoms with Gasteiger partial charge in [0.05, 0.1) is 6.61 Å². The zero-order chi connectivity index (χ0) is 21.7. The number of thiocarbonyl (C=S) groups is 1. The summed E-state index contributed by atoms with van der Waals surface area (Å²) < 4.78 is 5.74. The molecule has 0 unspecified atom stereocenters. The Morgan fingerprint density at radius 2 is 1.10 bits per heavy atom. The van der Waals surface area contributed by atoms with Crippen molar-refractivity contribution in [1.82, 2.24) is 0 Å². The molecule has 172 valence electrons. The van der Waals surface area contributed by atoms with Gasteiger partial charge in [-0.3, -0.25) is 0 Å². The molecule has 0 N–H and O–H groups in total. The van der Waals surface area contributed by atoms with Crippen molar-refractivity contribution in [3.8, 4) is 0 Å². The predicted molar refractivity (Wildman–Crippen MR) is 138 cm³/mol. The first-order valence-corrected chi connectivity index (χ1v) is 13.3. The highest BCUT2D eigenvalue weighted by Crippen LogP contribution is 2.14. The van der Waals surface area contributed by atoms with E-state index < -0.39 is 0 Å². The second-order valence-electron chi connectivity index (χ2n) is 9.01. The number of aryl methyl sites for hydroxylation is 2. The van der Waals surface area contributed by atoms with Gasteiger partial charge in [0.1, 0.15) is 0 Å². The van der Waals surface area contributed by atoms with E-state index in [1.165, 1.54) is 107 Å². The fraction of sp³-hybridized carbons (Fsp3) is 0.750. The third-order valence-corrected chi connectivity index (χ3v) is 6.32. The molecule has 0 saturated heterocycles. The summed E-state index contributed by atoms with van der Waals surface area (Å²) in [6.45, 7) is 5.21. The number of ether oxygens (including phenoxy) is 1. The fourth-order valence-corrected chi connectivity index (χ4v) is 4.09. The highest BCUT2D eigenvalue weighted by Gasteiger charge is 2.00. The first-order valence-electron chi connectivity index (χ1n) is 12.9. The summed E-state index contributed by atoms with van der Waals surface area (Å²) in [7, 11) is 0. The first kappa shape index (κ1) is 27.1. The molecule has 0 saturated carbocycles. The third kappa shape index (κ3) is 16.9. The van der Waals surface area contributed by atoms with Gasteiger partial charge in [0.2, 0.25) is 0 Å². The van der Waals surface area contributed by atoms with Crippen molar-refractivity contribution in [3.05, 3.63) is 35.4 Å². The van der Waals surface area contributed by atoms with Crippen molar-refractivity contribution in [1.29, 1.82) is 0 Å². The molecule has 0 amide bonds. The lowest BCUT2D eigenvalue weighted by atomic mass is 10.0. The van der Waals surface area contributed by atoms with Gasteiger partial charge in [-0.2, -0.15) is 0 Å². The molecule has 0 aromatic heterocycles. The van der Waals surface area contributed by atoms with Crippen LogP contribution in [0.25, 0.3) is 0 Å². The minimum atomic E-state index is 0.775. The molecule has 0 heterocycles. The van der Waals surface area contributed by atoms with Gasteiger partial charge < -0.3 is 4.74 Å². The van der Waals surface area contributed by atoms with Crippen molar-refractivity contribution in [2.45, 2.75) is 129 Å². The summed E-state index contributed by atoms with van der Waals surface area (Å²) >= 11 is 5.37. The highest BCUT2D eigenvalue weighted by atomic mass is 32.1. The molecule has 0 bridgehead atoms. The molecule has 1 aromatic carbocycles. The van der Waals surface area contributed by atoms with Gasteiger partial charge in [-0.05, 0) is 37.5 Å². The van der Waals surface area contributed by atoms with Crippen LogP contribution in [0.5, 0.6) is 0 Å². The van der Waals surface area contributed by atoms with Crippen LogP contribution in [0, 0.1) is 6.92 Å². The summed E-state index contributed by atoms with van der Waals surface area (Å²) in [5, 5.41) is 0.775. The van der Waals surface area contributed by atoms with E-state index in [1.807, 2.05) is 0 Å². The van der Waals surface area contributed by atoms with E-state index in [-0.39, 0.29) is 0 Å². The van der Waals surface area contributed by atoms with E-state index in [1.54, 1.807) is 0 Å². The fourth-order valence-electron chi connectivity index (χ4n) is 3.91. The van der Waals surface area contributed by atoms with Crippen LogP contribution in [-0.2, 0) is 11.2 Å². The van der Waals surface area contributed by atoms with E-state index >= 15 is 0 Å². The topological polar surface area (TPSA) is 9.23 Å². The Labute approximate surface area is 193 Å². The Bertz CT molecular complexity index is 508. The molecule has 0 atom stereocenters. The van der Waals surface area contributed by atoms with E-state index in [0.717, 1.165) is 30.9 Å². The van der Waals surface area contributed by atoms with Gasteiger partial charge in [-0.1, -0.05) is 133 Å². The summed E-state index contributed by atoms with van der Waals surface area (Å²) in [6.07, 6.45) is 24.2. The normalized spacial score (nSPS) is 11.0. The summed E-state index contributed by atoms with van der Waals surface area (Å²) in [5.41, 5.74) is 2.65. The monoisotopic (exact) mass is 432 g/mol. The number of rotatable bonds is 20. The van der Waals surface area contributed by atoms with Crippen molar-refractivity contribution in [2.75, 3.05) is 6.61 Å². The molecular formula is C28H48OS. The van der Waals surface area contributed by atoms with Crippen molar-refractivity contribution < 1.29 is 4.74 Å². The highest BCUT2D eigenvalue weighted by molar-refractivity contribution is 7.80. The Morgan fingerprint density at radius 1 is 0.667 bits per heavy atom. The van der Waals surface area contributed by atoms with Crippen LogP contribution >= 0.6 is 12.2 Å². The Balaban J connectivity index is 1.77. The van der Waals surface area contributed by atoms with Gasteiger partial charge in [0.15, 0.2) is 5.05 Å². The standard InChI is InChI=1S/C28H48OS/c1-3-4-5-6-7-8-9-10-11-12-13-14-15-16-17-18-25-29-28(30)24-23-27-21-19-26(2)20-22-27/h19-22H,3-18,23-25H2,1-2H3. The summed E-state index contributed by atoms with van der Waals surface area (Å²) in [6, 6.07) is 8.70. The van der Waals surface area contributed by atoms with E-state index in [0.29, 0.717) is 0 Å². The maximum Gasteiger partial charge on any atom is 0.159 e. The van der Waals surface area contributed by atoms with E-state index in [4.69, 9.17) is 17.0 Å². The van der Waals surface area contributed by atoms with Crippen LogP contribution in [0.4, 0.5) is 0 Å². The predicted octanol–water partition coefficient (Wildman–Crippen LogP) is 9.53. The average Bonchev–Trinajstić information content (AvgIpc) is 2.75. The number of hydrogen-bond donors (Lipinski definition) is 0. The maximum absolute atomic E-state index is 5.74. The minimum Gasteiger partial charge on any atom is -0.487 e. The molecular weight excluding hydrogens is 384 g/mol. The van der Waals surface area contributed by atoms with Crippen molar-refractivity contribution >= 4 is 17.3 Å². The Morgan fingerprint density at radius 3 is 1.57 bits per heavy atom. The van der Waals surface area contributed by atoms with Crippen LogP contribution in [0.1, 0.15) is 127 Å². The zero-order valence-corrected chi connectivity index (χ0v) is 20.9. The molecule has 2 heteroatoms. The van der Waals surface area contributed by atoms with Crippen molar-refractivity contribution in [3.63, 3.8) is 0 Å². The second-order valence-corrected chi connectivity index (χ2v) is 9.46. The van der Waals surface area contributed by atoms with Gasteiger partial charge in [-0.25, -0.2) is 0 Å². The zero-order valence-electron chi connectivity index (χ0n) is 20.1. The Kier molecular flexibility index (Phi) is 18.1. The maximum atomic E-state index is 5.74. The summed E-state index contributed by atoms with van der Waals surface area (Å²) in [5.74, 6) is 0. The summed E-state index contributed by atoms with van der Waals surface area (Å²) in [4.78, 5) is 0. The smallest absolute Gasteiger partial charge is 0.159 e.